The summed E-state index contributed by atoms with van der Waals surface area (Å²) in [6.45, 7) is 19.1. The summed E-state index contributed by atoms with van der Waals surface area (Å²) in [6.07, 6.45) is 53.2. The molecule has 1 aliphatic rings. The van der Waals surface area contributed by atoms with Crippen molar-refractivity contribution >= 4 is 0 Å². The van der Waals surface area contributed by atoms with E-state index in [0.717, 1.165) is 17.8 Å². The lowest BCUT2D eigenvalue weighted by Crippen LogP contribution is -2.20. The summed E-state index contributed by atoms with van der Waals surface area (Å²) in [7, 11) is 2.37. The van der Waals surface area contributed by atoms with E-state index in [2.05, 4.69) is 53.1 Å². The highest BCUT2D eigenvalue weighted by atomic mass is 15.1. The molecule has 0 amide bonds. The molecular weight excluding hydrogens is 603 g/mol. The summed E-state index contributed by atoms with van der Waals surface area (Å²) in [5.41, 5.74) is 0. The fourth-order valence-electron chi connectivity index (χ4n) is 8.15. The molecule has 50 heavy (non-hydrogen) atoms. The predicted molar refractivity (Wildman–Crippen MR) is 234 cm³/mol. The van der Waals surface area contributed by atoms with E-state index in [4.69, 9.17) is 0 Å². The van der Waals surface area contributed by atoms with Gasteiger partial charge in [-0.05, 0) is 57.7 Å². The maximum absolute atomic E-state index is 3.36. The Kier molecular flexibility index (Phi) is 46.5. The van der Waals surface area contributed by atoms with Crippen LogP contribution in [0.4, 0.5) is 0 Å². The van der Waals surface area contributed by atoms with Gasteiger partial charge in [-0.15, -0.1) is 6.58 Å². The Morgan fingerprint density at radius 3 is 1.08 bits per heavy atom. The highest BCUT2D eigenvalue weighted by Crippen LogP contribution is 2.34. The largest absolute Gasteiger partial charge is 0.306 e. The second kappa shape index (κ2) is 44.9. The van der Waals surface area contributed by atoms with Crippen LogP contribution in [0.5, 0.6) is 0 Å². The maximum atomic E-state index is 3.36. The molecule has 0 unspecified atom stereocenters. The van der Waals surface area contributed by atoms with Crippen molar-refractivity contribution in [2.45, 2.75) is 266 Å². The van der Waals surface area contributed by atoms with Crippen molar-refractivity contribution in [2.75, 3.05) is 20.1 Å². The van der Waals surface area contributed by atoms with Gasteiger partial charge < -0.3 is 4.90 Å². The number of nitrogens with zero attached hydrogens (tertiary/aromatic N) is 1. The van der Waals surface area contributed by atoms with Gasteiger partial charge in [0.25, 0.3) is 0 Å². The molecule has 0 aromatic carbocycles. The number of unbranched alkanes of at least 4 members (excludes halogenated alkanes) is 20. The summed E-state index contributed by atoms with van der Waals surface area (Å²) < 4.78 is 0. The van der Waals surface area contributed by atoms with Gasteiger partial charge in [-0.1, -0.05) is 253 Å². The zero-order valence-electron chi connectivity index (χ0n) is 36.6. The van der Waals surface area contributed by atoms with Crippen LogP contribution in [0.2, 0.25) is 0 Å². The van der Waals surface area contributed by atoms with Gasteiger partial charge >= 0.3 is 0 Å². The van der Waals surface area contributed by atoms with Gasteiger partial charge in [0.15, 0.2) is 0 Å². The van der Waals surface area contributed by atoms with Crippen molar-refractivity contribution in [3.05, 3.63) is 12.7 Å². The molecule has 0 aromatic heterocycles. The molecular formula is C49H101N. The van der Waals surface area contributed by atoms with Crippen molar-refractivity contribution < 1.29 is 0 Å². The molecule has 1 rings (SSSR count). The average Bonchev–Trinajstić information content (AvgIpc) is 3.11. The Morgan fingerprint density at radius 2 is 0.720 bits per heavy atom. The van der Waals surface area contributed by atoms with Crippen LogP contribution in [0, 0.1) is 17.8 Å². The first-order valence-corrected chi connectivity index (χ1v) is 23.8. The number of hydrogen-bond acceptors (Lipinski definition) is 1. The van der Waals surface area contributed by atoms with E-state index in [1.807, 2.05) is 6.92 Å². The number of hydrogen-bond donors (Lipinski definition) is 0. The summed E-state index contributed by atoms with van der Waals surface area (Å²) in [6, 6.07) is 0. The molecule has 0 bridgehead atoms. The van der Waals surface area contributed by atoms with Gasteiger partial charge in [-0.2, -0.15) is 0 Å². The summed E-state index contributed by atoms with van der Waals surface area (Å²) in [5.74, 6) is 3.17. The summed E-state index contributed by atoms with van der Waals surface area (Å²) in [5, 5.41) is 0. The van der Waals surface area contributed by atoms with Crippen LogP contribution in [-0.4, -0.2) is 25.0 Å². The first-order valence-electron chi connectivity index (χ1n) is 23.8. The summed E-state index contributed by atoms with van der Waals surface area (Å²) >= 11 is 0. The SMILES string of the molecule is C=CC.CCC.CCCCCCCCC(CCCCCCCC)CCCCCCCN(C)CCCCCCCC1CCC(CCCCC)CC1. The standard InChI is InChI=1S/C43H87N.C3H8.C3H6/c1-5-8-11-13-17-24-31-41(32-25-18-14-12-9-6-2)33-26-19-15-21-28-39-44(4)40-29-22-16-20-27-34-43-37-35-42(36-38-43)30-23-10-7-3;2*1-3-2/h41-43H,5-40H2,1-4H3;3H2,1-2H3;3H,1H2,2H3. The van der Waals surface area contributed by atoms with E-state index in [-0.39, 0.29) is 0 Å². The first-order chi connectivity index (χ1) is 24.5. The third-order valence-electron chi connectivity index (χ3n) is 11.4. The first kappa shape index (κ1) is 51.8. The Labute approximate surface area is 320 Å². The topological polar surface area (TPSA) is 3.24 Å². The van der Waals surface area contributed by atoms with Crippen molar-refractivity contribution in [3.63, 3.8) is 0 Å². The fraction of sp³-hybridized carbons (Fsp3) is 0.959. The van der Waals surface area contributed by atoms with Gasteiger partial charge in [0.05, 0.1) is 0 Å². The van der Waals surface area contributed by atoms with Gasteiger partial charge in [0.2, 0.25) is 0 Å². The normalized spacial score (nSPS) is 15.9. The lowest BCUT2D eigenvalue weighted by Gasteiger charge is -2.28. The van der Waals surface area contributed by atoms with E-state index in [1.165, 1.54) is 212 Å². The molecule has 302 valence electrons. The van der Waals surface area contributed by atoms with Crippen LogP contribution in [0.25, 0.3) is 0 Å². The second-order valence-corrected chi connectivity index (χ2v) is 16.9. The Balaban J connectivity index is 0. The van der Waals surface area contributed by atoms with Crippen molar-refractivity contribution in [1.82, 2.24) is 4.90 Å². The van der Waals surface area contributed by atoms with Crippen LogP contribution in [-0.2, 0) is 0 Å². The molecule has 1 aliphatic carbocycles. The molecule has 1 fully saturated rings. The lowest BCUT2D eigenvalue weighted by atomic mass is 9.78. The maximum Gasteiger partial charge on any atom is -0.00218 e. The molecule has 0 heterocycles. The van der Waals surface area contributed by atoms with E-state index in [9.17, 15) is 0 Å². The third kappa shape index (κ3) is 40.5. The van der Waals surface area contributed by atoms with E-state index in [1.54, 1.807) is 31.8 Å². The zero-order valence-corrected chi connectivity index (χ0v) is 36.6. The Hall–Kier alpha value is -0.300. The molecule has 0 N–H and O–H groups in total. The quantitative estimate of drug-likeness (QED) is 0.0476. The van der Waals surface area contributed by atoms with Crippen molar-refractivity contribution in [2.24, 2.45) is 17.8 Å². The van der Waals surface area contributed by atoms with Gasteiger partial charge in [0.1, 0.15) is 0 Å². The van der Waals surface area contributed by atoms with E-state index in [0.29, 0.717) is 0 Å². The van der Waals surface area contributed by atoms with Gasteiger partial charge in [-0.3, -0.25) is 0 Å². The molecule has 0 spiro atoms. The predicted octanol–water partition coefficient (Wildman–Crippen LogP) is 17.7. The Bertz CT molecular complexity index is 574. The van der Waals surface area contributed by atoms with Crippen molar-refractivity contribution in [1.29, 1.82) is 0 Å². The minimum atomic E-state index is 1.03. The molecule has 0 aliphatic heterocycles. The second-order valence-electron chi connectivity index (χ2n) is 16.9. The molecule has 1 nitrogen and oxygen atoms in total. The number of rotatable bonds is 34. The Morgan fingerprint density at radius 1 is 0.460 bits per heavy atom. The molecule has 0 saturated heterocycles. The van der Waals surface area contributed by atoms with Crippen LogP contribution in [0.1, 0.15) is 266 Å². The molecule has 0 atom stereocenters. The van der Waals surface area contributed by atoms with Crippen LogP contribution in [0.3, 0.4) is 0 Å². The van der Waals surface area contributed by atoms with Gasteiger partial charge in [0, 0.05) is 0 Å². The molecule has 0 aromatic rings. The fourth-order valence-corrected chi connectivity index (χ4v) is 8.15. The van der Waals surface area contributed by atoms with E-state index >= 15 is 0 Å². The van der Waals surface area contributed by atoms with Crippen molar-refractivity contribution in [3.8, 4) is 0 Å². The number of allylic oxidation sites excluding steroid dienone is 1. The lowest BCUT2D eigenvalue weighted by molar-refractivity contribution is 0.244. The minimum absolute atomic E-state index is 1.03. The van der Waals surface area contributed by atoms with Crippen LogP contribution < -0.4 is 0 Å². The monoisotopic (exact) mass is 704 g/mol. The van der Waals surface area contributed by atoms with Crippen LogP contribution in [0.15, 0.2) is 12.7 Å². The molecule has 1 saturated carbocycles. The average molecular weight is 704 g/mol. The highest BCUT2D eigenvalue weighted by molar-refractivity contribution is 4.73. The smallest absolute Gasteiger partial charge is 0.00218 e. The molecule has 0 radical (unpaired) electrons. The summed E-state index contributed by atoms with van der Waals surface area (Å²) in [4.78, 5) is 2.62. The molecule has 1 heteroatoms. The van der Waals surface area contributed by atoms with Crippen LogP contribution >= 0.6 is 0 Å². The van der Waals surface area contributed by atoms with Gasteiger partial charge in [-0.25, -0.2) is 0 Å². The third-order valence-corrected chi connectivity index (χ3v) is 11.4. The van der Waals surface area contributed by atoms with E-state index < -0.39 is 0 Å². The minimum Gasteiger partial charge on any atom is -0.306 e. The highest BCUT2D eigenvalue weighted by Gasteiger charge is 2.20. The zero-order chi connectivity index (χ0) is 37.2.